The molecule has 5 rings (SSSR count). The molecule has 0 saturated heterocycles. The maximum atomic E-state index is 13.3. The van der Waals surface area contributed by atoms with Crippen molar-refractivity contribution in [3.8, 4) is 11.1 Å². The molecule has 2 saturated carbocycles. The normalized spacial score (nSPS) is 18.4. The molecule has 2 N–H and O–H groups in total. The summed E-state index contributed by atoms with van der Waals surface area (Å²) < 4.78 is 5.65. The van der Waals surface area contributed by atoms with Crippen molar-refractivity contribution in [3.05, 3.63) is 59.7 Å². The summed E-state index contributed by atoms with van der Waals surface area (Å²) in [6.45, 7) is 1.70. The molecule has 178 valence electrons. The number of rotatable bonds is 9. The Morgan fingerprint density at radius 1 is 1.00 bits per heavy atom. The molecule has 2 amide bonds. The van der Waals surface area contributed by atoms with Crippen molar-refractivity contribution in [2.45, 2.75) is 63.1 Å². The number of fused-ring (bicyclic) bond motifs is 3. The molecule has 1 unspecified atom stereocenters. The third-order valence-corrected chi connectivity index (χ3v) is 7.17. The van der Waals surface area contributed by atoms with Crippen LogP contribution in [0, 0.1) is 5.92 Å². The summed E-state index contributed by atoms with van der Waals surface area (Å²) in [5, 5.41) is 12.3. The van der Waals surface area contributed by atoms with E-state index in [1.165, 1.54) is 11.8 Å². The Morgan fingerprint density at radius 3 is 2.12 bits per heavy atom. The Morgan fingerprint density at radius 2 is 1.59 bits per heavy atom. The number of carbonyl (C=O) groups excluding carboxylic acids is 2. The lowest BCUT2D eigenvalue weighted by molar-refractivity contribution is -0.151. The van der Waals surface area contributed by atoms with Crippen LogP contribution in [-0.4, -0.2) is 52.7 Å². The number of nitrogens with one attached hydrogen (secondary N) is 1. The van der Waals surface area contributed by atoms with E-state index in [0.29, 0.717) is 12.3 Å². The summed E-state index contributed by atoms with van der Waals surface area (Å²) in [7, 11) is 0. The topological polar surface area (TPSA) is 95.9 Å². The Balaban J connectivity index is 1.28. The van der Waals surface area contributed by atoms with Crippen molar-refractivity contribution < 1.29 is 24.2 Å². The highest BCUT2D eigenvalue weighted by molar-refractivity contribution is 5.90. The van der Waals surface area contributed by atoms with Gasteiger partial charge >= 0.3 is 12.1 Å². The summed E-state index contributed by atoms with van der Waals surface area (Å²) >= 11 is 0. The van der Waals surface area contributed by atoms with E-state index < -0.39 is 24.1 Å². The van der Waals surface area contributed by atoms with Crippen LogP contribution in [0.4, 0.5) is 4.79 Å². The number of nitrogens with zero attached hydrogens (tertiary/aromatic N) is 1. The van der Waals surface area contributed by atoms with Gasteiger partial charge in [0.25, 0.3) is 0 Å². The highest BCUT2D eigenvalue weighted by Crippen LogP contribution is 2.44. The highest BCUT2D eigenvalue weighted by Gasteiger charge is 2.43. The first-order valence-electron chi connectivity index (χ1n) is 12.1. The second kappa shape index (κ2) is 9.12. The molecule has 34 heavy (non-hydrogen) atoms. The Kier molecular flexibility index (Phi) is 6.02. The van der Waals surface area contributed by atoms with Crippen molar-refractivity contribution in [2.75, 3.05) is 6.61 Å². The summed E-state index contributed by atoms with van der Waals surface area (Å²) in [5.41, 5.74) is 4.54. The number of ether oxygens (including phenoxy) is 1. The lowest BCUT2D eigenvalue weighted by Gasteiger charge is -2.31. The molecule has 0 bridgehead atoms. The van der Waals surface area contributed by atoms with Crippen LogP contribution in [0.25, 0.3) is 11.1 Å². The molecule has 7 nitrogen and oxygen atoms in total. The molecular formula is C27H30N2O5. The molecule has 0 heterocycles. The molecule has 3 aliphatic rings. The van der Waals surface area contributed by atoms with Crippen LogP contribution in [0.5, 0.6) is 0 Å². The summed E-state index contributed by atoms with van der Waals surface area (Å²) in [6, 6.07) is 14.5. The van der Waals surface area contributed by atoms with Crippen molar-refractivity contribution in [2.24, 2.45) is 5.92 Å². The fourth-order valence-corrected chi connectivity index (χ4v) is 5.03. The average Bonchev–Trinajstić information content (AvgIpc) is 3.76. The summed E-state index contributed by atoms with van der Waals surface area (Å²) in [4.78, 5) is 39.2. The third kappa shape index (κ3) is 4.52. The molecule has 0 aromatic heterocycles. The molecule has 2 aromatic rings. The molecule has 0 aliphatic heterocycles. The summed E-state index contributed by atoms with van der Waals surface area (Å²) in [6.07, 6.45) is 3.51. The maximum Gasteiger partial charge on any atom is 0.407 e. The average molecular weight is 463 g/mol. The lowest BCUT2D eigenvalue weighted by Crippen LogP contribution is -2.54. The van der Waals surface area contributed by atoms with E-state index in [1.807, 2.05) is 24.3 Å². The highest BCUT2D eigenvalue weighted by atomic mass is 16.5. The molecule has 0 spiro atoms. The van der Waals surface area contributed by atoms with Crippen LogP contribution in [0.3, 0.4) is 0 Å². The van der Waals surface area contributed by atoms with Gasteiger partial charge in [0.05, 0.1) is 0 Å². The van der Waals surface area contributed by atoms with Gasteiger partial charge in [0.15, 0.2) is 0 Å². The Labute approximate surface area is 199 Å². The van der Waals surface area contributed by atoms with Gasteiger partial charge in [-0.25, -0.2) is 9.59 Å². The van der Waals surface area contributed by atoms with Gasteiger partial charge in [-0.3, -0.25) is 4.79 Å². The quantitative estimate of drug-likeness (QED) is 0.583. The van der Waals surface area contributed by atoms with Gasteiger partial charge in [0.1, 0.15) is 18.7 Å². The van der Waals surface area contributed by atoms with Crippen molar-refractivity contribution in [3.63, 3.8) is 0 Å². The van der Waals surface area contributed by atoms with Crippen LogP contribution in [0.2, 0.25) is 0 Å². The third-order valence-electron chi connectivity index (χ3n) is 7.17. The van der Waals surface area contributed by atoms with Gasteiger partial charge in [-0.15, -0.1) is 0 Å². The first kappa shape index (κ1) is 22.4. The van der Waals surface area contributed by atoms with Gasteiger partial charge in [0.2, 0.25) is 5.91 Å². The number of hydrogen-bond acceptors (Lipinski definition) is 4. The number of hydrogen-bond donors (Lipinski definition) is 2. The van der Waals surface area contributed by atoms with Crippen LogP contribution in [0.1, 0.15) is 56.1 Å². The molecular weight excluding hydrogens is 432 g/mol. The maximum absolute atomic E-state index is 13.3. The van der Waals surface area contributed by atoms with Gasteiger partial charge in [-0.1, -0.05) is 61.4 Å². The number of benzene rings is 2. The van der Waals surface area contributed by atoms with E-state index in [-0.39, 0.29) is 24.5 Å². The minimum atomic E-state index is -1.04. The molecule has 2 atom stereocenters. The van der Waals surface area contributed by atoms with E-state index in [0.717, 1.165) is 47.9 Å². The minimum absolute atomic E-state index is 0.0641. The first-order chi connectivity index (χ1) is 16.4. The van der Waals surface area contributed by atoms with Gasteiger partial charge in [-0.05, 0) is 54.4 Å². The zero-order chi connectivity index (χ0) is 23.8. The predicted molar refractivity (Wildman–Crippen MR) is 126 cm³/mol. The molecule has 7 heteroatoms. The Hall–Kier alpha value is -3.35. The van der Waals surface area contributed by atoms with E-state index >= 15 is 0 Å². The van der Waals surface area contributed by atoms with Crippen LogP contribution < -0.4 is 5.32 Å². The van der Waals surface area contributed by atoms with Gasteiger partial charge in [-0.2, -0.15) is 0 Å². The SMILES string of the molecule is CC(C(=O)O)N(C(=O)[C@H](CC1CC1)NC(=O)OCC1c2ccccc2-c2ccccc21)C1CC1. The molecule has 2 aromatic carbocycles. The monoisotopic (exact) mass is 462 g/mol. The van der Waals surface area contributed by atoms with Crippen LogP contribution in [-0.2, 0) is 14.3 Å². The number of amides is 2. The number of carboxylic acids is 1. The lowest BCUT2D eigenvalue weighted by atomic mass is 9.98. The first-order valence-corrected chi connectivity index (χ1v) is 12.1. The van der Waals surface area contributed by atoms with E-state index in [2.05, 4.69) is 29.6 Å². The van der Waals surface area contributed by atoms with E-state index in [4.69, 9.17) is 4.74 Å². The van der Waals surface area contributed by atoms with Gasteiger partial charge in [0, 0.05) is 12.0 Å². The second-order valence-corrected chi connectivity index (χ2v) is 9.69. The number of alkyl carbamates (subject to hydrolysis) is 1. The van der Waals surface area contributed by atoms with Crippen molar-refractivity contribution in [1.82, 2.24) is 10.2 Å². The zero-order valence-corrected chi connectivity index (χ0v) is 19.3. The Bertz CT molecular complexity index is 1060. The zero-order valence-electron chi connectivity index (χ0n) is 19.3. The summed E-state index contributed by atoms with van der Waals surface area (Å²) in [5.74, 6) is -1.04. The molecule has 2 fully saturated rings. The smallest absolute Gasteiger partial charge is 0.407 e. The van der Waals surface area contributed by atoms with Crippen LogP contribution >= 0.6 is 0 Å². The molecule has 0 radical (unpaired) electrons. The number of aliphatic carboxylic acids is 1. The van der Waals surface area contributed by atoms with Crippen LogP contribution in [0.15, 0.2) is 48.5 Å². The fourth-order valence-electron chi connectivity index (χ4n) is 5.03. The second-order valence-electron chi connectivity index (χ2n) is 9.69. The molecule has 3 aliphatic carbocycles. The van der Waals surface area contributed by atoms with Crippen molar-refractivity contribution in [1.29, 1.82) is 0 Å². The van der Waals surface area contributed by atoms with Gasteiger partial charge < -0.3 is 20.1 Å². The van der Waals surface area contributed by atoms with E-state index in [1.54, 1.807) is 0 Å². The minimum Gasteiger partial charge on any atom is -0.480 e. The van der Waals surface area contributed by atoms with Crippen molar-refractivity contribution >= 4 is 18.0 Å². The standard InChI is InChI=1S/C27H30N2O5/c1-16(26(31)32)29(18-12-13-18)25(30)24(14-17-10-11-17)28-27(33)34-15-23-21-8-4-2-6-19(21)20-7-3-5-9-22(20)23/h2-9,16-18,23-24H,10-15H2,1H3,(H,28,33)(H,31,32)/t16?,24-/m0/s1. The predicted octanol–water partition coefficient (Wildman–Crippen LogP) is 4.16. The number of carbonyl (C=O) groups is 3. The largest absolute Gasteiger partial charge is 0.480 e. The van der Waals surface area contributed by atoms with E-state index in [9.17, 15) is 19.5 Å². The number of carboxylic acid groups (broad SMARTS) is 1. The fraction of sp³-hybridized carbons (Fsp3) is 0.444.